The Bertz CT molecular complexity index is 1100. The number of nitrogens with one attached hydrogen (secondary N) is 1. The number of aliphatic hydroxyl groups is 1. The normalized spacial score (nSPS) is 14.4. The number of halogens is 5. The minimum Gasteiger partial charge on any atom is -0.407 e. The number of rotatable bonds is 7. The number of alkyl halides is 3. The van der Waals surface area contributed by atoms with E-state index in [4.69, 9.17) is 16.3 Å². The highest BCUT2D eigenvalue weighted by molar-refractivity contribution is 6.35. The van der Waals surface area contributed by atoms with E-state index in [-0.39, 0.29) is 36.8 Å². The minimum absolute atomic E-state index is 0.0136. The van der Waals surface area contributed by atoms with Gasteiger partial charge in [0.25, 0.3) is 0 Å². The van der Waals surface area contributed by atoms with Gasteiger partial charge in [0.2, 0.25) is 0 Å². The van der Waals surface area contributed by atoms with Gasteiger partial charge in [0.1, 0.15) is 24.5 Å². The third kappa shape index (κ3) is 6.13. The van der Waals surface area contributed by atoms with Crippen molar-refractivity contribution >= 4 is 35.4 Å². The predicted molar refractivity (Wildman–Crippen MR) is 124 cm³/mol. The van der Waals surface area contributed by atoms with Crippen molar-refractivity contribution in [3.63, 3.8) is 0 Å². The molecule has 0 aliphatic carbocycles. The van der Waals surface area contributed by atoms with Crippen molar-refractivity contribution in [1.29, 1.82) is 0 Å². The van der Waals surface area contributed by atoms with E-state index in [9.17, 15) is 27.5 Å². The lowest BCUT2D eigenvalue weighted by Crippen LogP contribution is -2.37. The molecule has 1 aliphatic rings. The molecule has 1 unspecified atom stereocenters. The first kappa shape index (κ1) is 26.5. The number of β-amino-alcohol motifs (C(OH)–C–C–N with tert-alkyl or cyclic N) is 1. The molecule has 1 atom stereocenters. The van der Waals surface area contributed by atoms with Crippen LogP contribution in [-0.2, 0) is 6.18 Å². The molecule has 35 heavy (non-hydrogen) atoms. The summed E-state index contributed by atoms with van der Waals surface area (Å²) in [6, 6.07) is 5.82. The Kier molecular flexibility index (Phi) is 8.08. The van der Waals surface area contributed by atoms with Gasteiger partial charge in [-0.3, -0.25) is 9.91 Å². The highest BCUT2D eigenvalue weighted by Crippen LogP contribution is 2.47. The van der Waals surface area contributed by atoms with Gasteiger partial charge >= 0.3 is 12.3 Å². The zero-order valence-corrected chi connectivity index (χ0v) is 19.9. The van der Waals surface area contributed by atoms with Crippen LogP contribution in [0, 0.1) is 12.7 Å². The third-order valence-electron chi connectivity index (χ3n) is 5.18. The van der Waals surface area contributed by atoms with E-state index >= 15 is 0 Å². The van der Waals surface area contributed by atoms with Crippen LogP contribution in [-0.4, -0.2) is 62.5 Å². The van der Waals surface area contributed by atoms with Gasteiger partial charge in [0.05, 0.1) is 23.2 Å². The van der Waals surface area contributed by atoms with Gasteiger partial charge in [0.15, 0.2) is 5.75 Å². The van der Waals surface area contributed by atoms with Crippen LogP contribution >= 0.6 is 11.6 Å². The van der Waals surface area contributed by atoms with Crippen molar-refractivity contribution in [2.75, 3.05) is 43.7 Å². The average Bonchev–Trinajstić information content (AvgIpc) is 3.23. The van der Waals surface area contributed by atoms with Crippen molar-refractivity contribution in [2.24, 2.45) is 5.10 Å². The monoisotopic (exact) mass is 517 g/mol. The number of hydrazone groups is 1. The lowest BCUT2D eigenvalue weighted by molar-refractivity contribution is -0.137. The SMILES string of the molecule is CNCC(O)CN1CN(c2c(Cl)c(C(F)(F)F)cc(C)c2OC(=O)N(C)c2ccc(F)cc2)C=N1. The van der Waals surface area contributed by atoms with Gasteiger partial charge < -0.3 is 20.1 Å². The molecular formula is C22H24ClF4N5O3. The summed E-state index contributed by atoms with van der Waals surface area (Å²) in [6.45, 7) is 1.71. The Balaban J connectivity index is 1.95. The Morgan fingerprint density at radius 3 is 2.60 bits per heavy atom. The molecule has 0 aromatic heterocycles. The Hall–Kier alpha value is -3.09. The second-order valence-electron chi connectivity index (χ2n) is 7.88. The van der Waals surface area contributed by atoms with Gasteiger partial charge in [0, 0.05) is 19.3 Å². The van der Waals surface area contributed by atoms with E-state index in [0.717, 1.165) is 23.1 Å². The molecule has 2 aromatic carbocycles. The summed E-state index contributed by atoms with van der Waals surface area (Å²) >= 11 is 6.20. The fourth-order valence-electron chi connectivity index (χ4n) is 3.44. The van der Waals surface area contributed by atoms with E-state index in [1.54, 1.807) is 7.05 Å². The second kappa shape index (κ2) is 10.7. The van der Waals surface area contributed by atoms with Crippen LogP contribution in [0.25, 0.3) is 0 Å². The van der Waals surface area contributed by atoms with Crippen molar-refractivity contribution in [2.45, 2.75) is 19.2 Å². The lowest BCUT2D eigenvalue weighted by Gasteiger charge is -2.26. The van der Waals surface area contributed by atoms with Crippen LogP contribution in [0.4, 0.5) is 33.7 Å². The van der Waals surface area contributed by atoms with Gasteiger partial charge in [-0.25, -0.2) is 9.18 Å². The summed E-state index contributed by atoms with van der Waals surface area (Å²) in [5.41, 5.74) is -0.977. The number of benzene rings is 2. The quantitative estimate of drug-likeness (QED) is 0.540. The van der Waals surface area contributed by atoms with E-state index in [1.165, 1.54) is 42.4 Å². The summed E-state index contributed by atoms with van der Waals surface area (Å²) in [6.07, 6.45) is -5.22. The summed E-state index contributed by atoms with van der Waals surface area (Å²) < 4.78 is 59.7. The highest BCUT2D eigenvalue weighted by atomic mass is 35.5. The molecule has 0 saturated carbocycles. The third-order valence-corrected chi connectivity index (χ3v) is 5.56. The number of aliphatic hydroxyl groups excluding tert-OH is 1. The highest BCUT2D eigenvalue weighted by Gasteiger charge is 2.38. The van der Waals surface area contributed by atoms with Gasteiger partial charge in [-0.05, 0) is 49.9 Å². The standard InChI is InChI=1S/C22H24ClF4N5O3/c1-13-8-17(22(25,26)27)18(23)19(31-11-29-32(12-31)10-16(33)9-28-2)20(13)35-21(34)30(3)15-6-4-14(24)5-7-15/h4-8,11,16,28,33H,9-10,12H2,1-3H3. The first-order valence-corrected chi connectivity index (χ1v) is 10.8. The maximum absolute atomic E-state index is 13.7. The Morgan fingerprint density at radius 1 is 1.34 bits per heavy atom. The predicted octanol–water partition coefficient (Wildman–Crippen LogP) is 4.04. The molecule has 0 radical (unpaired) electrons. The Labute approximate surface area is 204 Å². The van der Waals surface area contributed by atoms with Crippen LogP contribution in [0.5, 0.6) is 5.75 Å². The van der Waals surface area contributed by atoms with Crippen molar-refractivity contribution in [3.05, 3.63) is 52.3 Å². The fourth-order valence-corrected chi connectivity index (χ4v) is 3.79. The smallest absolute Gasteiger partial charge is 0.407 e. The zero-order chi connectivity index (χ0) is 25.9. The van der Waals surface area contributed by atoms with Crippen LogP contribution in [0.1, 0.15) is 11.1 Å². The maximum Gasteiger partial charge on any atom is 0.419 e. The average molecular weight is 518 g/mol. The molecule has 190 valence electrons. The van der Waals surface area contributed by atoms with Crippen LogP contribution in [0.15, 0.2) is 35.4 Å². The number of anilines is 2. The number of likely N-dealkylation sites (N-methyl/N-ethyl adjacent to an activating group) is 1. The summed E-state index contributed by atoms with van der Waals surface area (Å²) in [4.78, 5) is 15.2. The molecule has 2 aromatic rings. The molecule has 1 amide bonds. The van der Waals surface area contributed by atoms with Crippen molar-refractivity contribution in [3.8, 4) is 5.75 Å². The molecule has 1 aliphatic heterocycles. The van der Waals surface area contributed by atoms with Gasteiger partial charge in [-0.15, -0.1) is 0 Å². The summed E-state index contributed by atoms with van der Waals surface area (Å²) in [7, 11) is 3.04. The van der Waals surface area contributed by atoms with Crippen molar-refractivity contribution < 1.29 is 32.2 Å². The van der Waals surface area contributed by atoms with E-state index in [2.05, 4.69) is 10.4 Å². The number of nitrogens with zero attached hydrogens (tertiary/aromatic N) is 4. The molecule has 0 fully saturated rings. The number of hydrogen-bond acceptors (Lipinski definition) is 7. The van der Waals surface area contributed by atoms with Crippen molar-refractivity contribution in [1.82, 2.24) is 10.3 Å². The van der Waals surface area contributed by atoms with Crippen LogP contribution in [0.3, 0.4) is 0 Å². The number of ether oxygens (including phenoxy) is 1. The maximum atomic E-state index is 13.7. The number of aryl methyl sites for hydroxylation is 1. The number of hydrogen-bond donors (Lipinski definition) is 2. The van der Waals surface area contributed by atoms with Crippen LogP contribution in [0.2, 0.25) is 5.02 Å². The first-order chi connectivity index (χ1) is 16.4. The molecule has 0 saturated heterocycles. The van der Waals surface area contributed by atoms with E-state index in [1.807, 2.05) is 0 Å². The summed E-state index contributed by atoms with van der Waals surface area (Å²) in [5.74, 6) is -0.688. The van der Waals surface area contributed by atoms with Gasteiger partial charge in [-0.1, -0.05) is 11.6 Å². The molecule has 0 bridgehead atoms. The minimum atomic E-state index is -4.76. The largest absolute Gasteiger partial charge is 0.419 e. The van der Waals surface area contributed by atoms with E-state index in [0.29, 0.717) is 5.69 Å². The molecule has 2 N–H and O–H groups in total. The topological polar surface area (TPSA) is 80.6 Å². The number of carbonyl (C=O) groups excluding carboxylic acids is 1. The second-order valence-corrected chi connectivity index (χ2v) is 8.25. The van der Waals surface area contributed by atoms with Gasteiger partial charge in [-0.2, -0.15) is 18.3 Å². The number of amides is 1. The van der Waals surface area contributed by atoms with Crippen LogP contribution < -0.4 is 19.9 Å². The van der Waals surface area contributed by atoms with E-state index < -0.39 is 34.8 Å². The Morgan fingerprint density at radius 2 is 2.00 bits per heavy atom. The molecule has 1 heterocycles. The summed E-state index contributed by atoms with van der Waals surface area (Å²) in [5, 5.41) is 17.7. The molecule has 8 nitrogen and oxygen atoms in total. The lowest BCUT2D eigenvalue weighted by atomic mass is 10.1. The number of carbonyl (C=O) groups is 1. The molecule has 0 spiro atoms. The first-order valence-electron chi connectivity index (χ1n) is 10.4. The fraction of sp³-hybridized carbons (Fsp3) is 0.364. The molecular weight excluding hydrogens is 494 g/mol. The zero-order valence-electron chi connectivity index (χ0n) is 19.1. The molecule has 13 heteroatoms. The molecule has 3 rings (SSSR count).